The summed E-state index contributed by atoms with van der Waals surface area (Å²) in [5.74, 6) is 3.26. The lowest BCUT2D eigenvalue weighted by molar-refractivity contribution is 0.122. The number of hydrogen-bond donors (Lipinski definition) is 2. The summed E-state index contributed by atoms with van der Waals surface area (Å²) in [6, 6.07) is 9.82. The molecule has 30 heavy (non-hydrogen) atoms. The number of methoxy groups -OCH3 is 2. The molecule has 8 nitrogen and oxygen atoms in total. The molecule has 8 heteroatoms. The molecule has 0 radical (unpaired) electrons. The van der Waals surface area contributed by atoms with Crippen molar-refractivity contribution < 1.29 is 14.2 Å². The molecule has 3 rings (SSSR count). The molecule has 0 spiro atoms. The van der Waals surface area contributed by atoms with Crippen molar-refractivity contribution in [1.29, 1.82) is 0 Å². The normalized spacial score (nSPS) is 14.4. The van der Waals surface area contributed by atoms with Crippen LogP contribution in [0.5, 0.6) is 11.5 Å². The second-order valence-electron chi connectivity index (χ2n) is 6.81. The summed E-state index contributed by atoms with van der Waals surface area (Å²) in [4.78, 5) is 11.6. The molecular formula is C22H31N5O3. The van der Waals surface area contributed by atoms with Gasteiger partial charge in [-0.2, -0.15) is 0 Å². The van der Waals surface area contributed by atoms with Crippen molar-refractivity contribution in [3.8, 4) is 11.5 Å². The molecular weight excluding hydrogens is 382 g/mol. The van der Waals surface area contributed by atoms with Gasteiger partial charge in [0.25, 0.3) is 0 Å². The maximum atomic E-state index is 5.48. The number of morpholine rings is 1. The van der Waals surface area contributed by atoms with E-state index in [1.165, 1.54) is 0 Å². The number of anilines is 1. The Morgan fingerprint density at radius 3 is 2.70 bits per heavy atom. The number of hydrogen-bond acceptors (Lipinski definition) is 6. The number of nitrogens with one attached hydrogen (secondary N) is 2. The summed E-state index contributed by atoms with van der Waals surface area (Å²) in [7, 11) is 3.30. The minimum absolute atomic E-state index is 0.492. The van der Waals surface area contributed by atoms with Gasteiger partial charge in [0.05, 0.1) is 34.0 Å². The Bertz CT molecular complexity index is 837. The summed E-state index contributed by atoms with van der Waals surface area (Å²) in [6.45, 7) is 7.13. The highest BCUT2D eigenvalue weighted by Crippen LogP contribution is 2.25. The van der Waals surface area contributed by atoms with Gasteiger partial charge < -0.3 is 29.7 Å². The van der Waals surface area contributed by atoms with Crippen LogP contribution in [0.25, 0.3) is 0 Å². The number of aliphatic imine (C=N–C) groups is 1. The van der Waals surface area contributed by atoms with E-state index in [1.54, 1.807) is 14.2 Å². The Labute approximate surface area is 178 Å². The van der Waals surface area contributed by atoms with Crippen LogP contribution in [-0.2, 0) is 17.8 Å². The Morgan fingerprint density at radius 1 is 1.13 bits per heavy atom. The second-order valence-corrected chi connectivity index (χ2v) is 6.81. The lowest BCUT2D eigenvalue weighted by atomic mass is 10.2. The number of ether oxygens (including phenoxy) is 3. The molecule has 2 heterocycles. The van der Waals surface area contributed by atoms with E-state index in [2.05, 4.69) is 26.6 Å². The molecule has 0 aliphatic carbocycles. The molecule has 0 bridgehead atoms. The van der Waals surface area contributed by atoms with Gasteiger partial charge in [0.2, 0.25) is 0 Å². The fraction of sp³-hybridized carbons (Fsp3) is 0.455. The lowest BCUT2D eigenvalue weighted by Gasteiger charge is -2.29. The van der Waals surface area contributed by atoms with E-state index >= 15 is 0 Å². The molecule has 0 saturated carbocycles. The predicted octanol–water partition coefficient (Wildman–Crippen LogP) is 2.19. The maximum absolute atomic E-state index is 5.48. The average molecular weight is 414 g/mol. The summed E-state index contributed by atoms with van der Waals surface area (Å²) in [6.07, 6.45) is 1.84. The highest BCUT2D eigenvalue weighted by Gasteiger charge is 2.16. The lowest BCUT2D eigenvalue weighted by Crippen LogP contribution is -2.39. The molecule has 162 valence electrons. The maximum Gasteiger partial charge on any atom is 0.191 e. The van der Waals surface area contributed by atoms with Gasteiger partial charge in [-0.1, -0.05) is 6.07 Å². The molecule has 0 amide bonds. The second kappa shape index (κ2) is 11.3. The van der Waals surface area contributed by atoms with Crippen LogP contribution in [0.3, 0.4) is 0 Å². The van der Waals surface area contributed by atoms with Crippen molar-refractivity contribution in [1.82, 2.24) is 15.6 Å². The van der Waals surface area contributed by atoms with E-state index < -0.39 is 0 Å². The monoisotopic (exact) mass is 413 g/mol. The smallest absolute Gasteiger partial charge is 0.191 e. The van der Waals surface area contributed by atoms with Gasteiger partial charge in [-0.05, 0) is 25.1 Å². The van der Waals surface area contributed by atoms with Crippen molar-refractivity contribution in [2.24, 2.45) is 4.99 Å². The number of nitrogens with zero attached hydrogens (tertiary/aromatic N) is 3. The van der Waals surface area contributed by atoms with Crippen molar-refractivity contribution in [3.63, 3.8) is 0 Å². The van der Waals surface area contributed by atoms with Gasteiger partial charge >= 0.3 is 0 Å². The molecule has 1 aliphatic heterocycles. The summed E-state index contributed by atoms with van der Waals surface area (Å²) < 4.78 is 16.2. The van der Waals surface area contributed by atoms with Crippen LogP contribution in [0, 0.1) is 0 Å². The largest absolute Gasteiger partial charge is 0.497 e. The quantitative estimate of drug-likeness (QED) is 0.507. The first-order valence-electron chi connectivity index (χ1n) is 10.2. The zero-order chi connectivity index (χ0) is 21.2. The highest BCUT2D eigenvalue weighted by molar-refractivity contribution is 5.80. The molecule has 2 aromatic rings. The summed E-state index contributed by atoms with van der Waals surface area (Å²) in [5.41, 5.74) is 2.12. The van der Waals surface area contributed by atoms with Crippen molar-refractivity contribution in [3.05, 3.63) is 47.7 Å². The molecule has 2 N–H and O–H groups in total. The van der Waals surface area contributed by atoms with Crippen LogP contribution in [0.15, 0.2) is 41.5 Å². The van der Waals surface area contributed by atoms with Crippen LogP contribution in [0.4, 0.5) is 5.82 Å². The van der Waals surface area contributed by atoms with Crippen LogP contribution in [0.1, 0.15) is 18.1 Å². The van der Waals surface area contributed by atoms with E-state index in [1.807, 2.05) is 37.4 Å². The fourth-order valence-electron chi connectivity index (χ4n) is 3.30. The van der Waals surface area contributed by atoms with E-state index in [0.717, 1.165) is 67.3 Å². The van der Waals surface area contributed by atoms with E-state index in [-0.39, 0.29) is 0 Å². The van der Waals surface area contributed by atoms with Gasteiger partial charge in [0.15, 0.2) is 5.96 Å². The molecule has 0 atom stereocenters. The molecule has 1 fully saturated rings. The third-order valence-electron chi connectivity index (χ3n) is 4.87. The standard InChI is InChI=1S/C22H31N5O3/c1-4-23-22(25-15-17-7-8-19(28-2)14-20(17)29-3)26-16-18-6-5-9-24-21(18)27-10-12-30-13-11-27/h5-9,14H,4,10-13,15-16H2,1-3H3,(H2,23,25,26). The number of aromatic nitrogens is 1. The van der Waals surface area contributed by atoms with Crippen molar-refractivity contribution >= 4 is 11.8 Å². The zero-order valence-corrected chi connectivity index (χ0v) is 18.0. The van der Waals surface area contributed by atoms with Gasteiger partial charge in [0.1, 0.15) is 17.3 Å². The summed E-state index contributed by atoms with van der Waals surface area (Å²) in [5, 5.41) is 6.72. The Kier molecular flexibility index (Phi) is 8.14. The topological polar surface area (TPSA) is 80.2 Å². The molecule has 1 saturated heterocycles. The van der Waals surface area contributed by atoms with Crippen molar-refractivity contribution in [2.45, 2.75) is 20.0 Å². The Balaban J connectivity index is 1.69. The first-order chi connectivity index (χ1) is 14.7. The molecule has 0 unspecified atom stereocenters. The number of pyridine rings is 1. The number of rotatable bonds is 8. The number of guanidine groups is 1. The Hall–Kier alpha value is -3.00. The first kappa shape index (κ1) is 21.7. The molecule has 1 aromatic heterocycles. The highest BCUT2D eigenvalue weighted by atomic mass is 16.5. The van der Waals surface area contributed by atoms with Gasteiger partial charge in [-0.25, -0.2) is 9.98 Å². The average Bonchev–Trinajstić information content (AvgIpc) is 2.81. The first-order valence-corrected chi connectivity index (χ1v) is 10.2. The van der Waals surface area contributed by atoms with E-state index in [0.29, 0.717) is 13.1 Å². The zero-order valence-electron chi connectivity index (χ0n) is 18.0. The third-order valence-corrected chi connectivity index (χ3v) is 4.87. The number of benzene rings is 1. The minimum atomic E-state index is 0.492. The van der Waals surface area contributed by atoms with Gasteiger partial charge in [0, 0.05) is 49.6 Å². The van der Waals surface area contributed by atoms with Crippen LogP contribution in [-0.4, -0.2) is 58.0 Å². The van der Waals surface area contributed by atoms with Gasteiger partial charge in [-0.15, -0.1) is 0 Å². The van der Waals surface area contributed by atoms with Crippen LogP contribution >= 0.6 is 0 Å². The minimum Gasteiger partial charge on any atom is -0.497 e. The van der Waals surface area contributed by atoms with Crippen LogP contribution in [0.2, 0.25) is 0 Å². The summed E-state index contributed by atoms with van der Waals surface area (Å²) >= 11 is 0. The third kappa shape index (κ3) is 5.76. The fourth-order valence-corrected chi connectivity index (χ4v) is 3.30. The van der Waals surface area contributed by atoms with Gasteiger partial charge in [-0.3, -0.25) is 0 Å². The van der Waals surface area contributed by atoms with E-state index in [4.69, 9.17) is 19.2 Å². The predicted molar refractivity (Wildman–Crippen MR) is 118 cm³/mol. The Morgan fingerprint density at radius 2 is 1.97 bits per heavy atom. The molecule has 1 aromatic carbocycles. The van der Waals surface area contributed by atoms with Crippen LogP contribution < -0.4 is 25.0 Å². The van der Waals surface area contributed by atoms with E-state index in [9.17, 15) is 0 Å². The SMILES string of the molecule is CCNC(=NCc1ccc(OC)cc1OC)NCc1cccnc1N1CCOCC1. The molecule has 1 aliphatic rings. The van der Waals surface area contributed by atoms with Crippen molar-refractivity contribution in [2.75, 3.05) is 52.0 Å².